The zero-order chi connectivity index (χ0) is 21.3. The van der Waals surface area contributed by atoms with Crippen molar-refractivity contribution >= 4 is 50.6 Å². The van der Waals surface area contributed by atoms with Crippen molar-refractivity contribution in [3.05, 3.63) is 55.2 Å². The summed E-state index contributed by atoms with van der Waals surface area (Å²) in [5.74, 6) is -0.328. The molecule has 3 aromatic rings. The Morgan fingerprint density at radius 1 is 1.41 bits per heavy atom. The van der Waals surface area contributed by atoms with Crippen LogP contribution >= 0.6 is 23.1 Å². The first-order valence-corrected chi connectivity index (χ1v) is 10.6. The number of aromatic nitrogens is 2. The molecule has 29 heavy (non-hydrogen) atoms. The van der Waals surface area contributed by atoms with Crippen molar-refractivity contribution in [3.63, 3.8) is 0 Å². The van der Waals surface area contributed by atoms with Crippen LogP contribution in [-0.4, -0.2) is 25.6 Å². The van der Waals surface area contributed by atoms with Gasteiger partial charge in [0.25, 0.3) is 11.2 Å². The van der Waals surface area contributed by atoms with Crippen molar-refractivity contribution in [2.24, 2.45) is 0 Å². The molecular formula is C19H20N4O4S2. The molecule has 0 bridgehead atoms. The van der Waals surface area contributed by atoms with Crippen LogP contribution in [0.1, 0.15) is 24.3 Å². The van der Waals surface area contributed by atoms with Gasteiger partial charge in [0.1, 0.15) is 4.83 Å². The summed E-state index contributed by atoms with van der Waals surface area (Å²) < 4.78 is 1.57. The SMILES string of the molecule is CCn1c(SC(C)C(=O)Nc2cccc([N+](=O)[O-])c2)nc2sc(C)c(C)c2c1=O. The second-order valence-corrected chi connectivity index (χ2v) is 8.98. The largest absolute Gasteiger partial charge is 0.325 e. The number of fused-ring (bicyclic) bond motifs is 1. The van der Waals surface area contributed by atoms with Gasteiger partial charge in [0, 0.05) is 29.2 Å². The third-order valence-corrected chi connectivity index (χ3v) is 6.74. The summed E-state index contributed by atoms with van der Waals surface area (Å²) in [7, 11) is 0. The maximum atomic E-state index is 12.9. The van der Waals surface area contributed by atoms with E-state index in [1.54, 1.807) is 17.6 Å². The van der Waals surface area contributed by atoms with Crippen molar-refractivity contribution < 1.29 is 9.72 Å². The minimum Gasteiger partial charge on any atom is -0.325 e. The van der Waals surface area contributed by atoms with Gasteiger partial charge in [0.15, 0.2) is 5.16 Å². The van der Waals surface area contributed by atoms with Crippen LogP contribution in [-0.2, 0) is 11.3 Å². The molecule has 0 radical (unpaired) electrons. The second kappa shape index (κ2) is 8.34. The minimum absolute atomic E-state index is 0.0986. The molecule has 0 spiro atoms. The van der Waals surface area contributed by atoms with Crippen LogP contribution in [0.5, 0.6) is 0 Å². The zero-order valence-electron chi connectivity index (χ0n) is 16.4. The monoisotopic (exact) mass is 432 g/mol. The first-order chi connectivity index (χ1) is 13.7. The van der Waals surface area contributed by atoms with Gasteiger partial charge in [0.2, 0.25) is 5.91 Å². The average molecular weight is 433 g/mol. The number of thioether (sulfide) groups is 1. The number of nitro benzene ring substituents is 1. The average Bonchev–Trinajstić information content (AvgIpc) is 2.96. The van der Waals surface area contributed by atoms with Crippen LogP contribution < -0.4 is 10.9 Å². The third-order valence-electron chi connectivity index (χ3n) is 4.55. The van der Waals surface area contributed by atoms with Gasteiger partial charge >= 0.3 is 0 Å². The minimum atomic E-state index is -0.557. The Hall–Kier alpha value is -2.72. The van der Waals surface area contributed by atoms with E-state index in [4.69, 9.17) is 0 Å². The molecule has 1 unspecified atom stereocenters. The van der Waals surface area contributed by atoms with Gasteiger partial charge in [-0.05, 0) is 39.3 Å². The van der Waals surface area contributed by atoms with Gasteiger partial charge in [-0.25, -0.2) is 4.98 Å². The number of aryl methyl sites for hydroxylation is 2. The number of carbonyl (C=O) groups is 1. The topological polar surface area (TPSA) is 107 Å². The van der Waals surface area contributed by atoms with Gasteiger partial charge in [-0.15, -0.1) is 11.3 Å². The smallest absolute Gasteiger partial charge is 0.271 e. The van der Waals surface area contributed by atoms with E-state index < -0.39 is 10.2 Å². The highest BCUT2D eigenvalue weighted by molar-refractivity contribution is 8.00. The third kappa shape index (κ3) is 4.18. The van der Waals surface area contributed by atoms with Crippen molar-refractivity contribution in [2.45, 2.75) is 44.6 Å². The Morgan fingerprint density at radius 3 is 2.79 bits per heavy atom. The number of nitrogens with one attached hydrogen (secondary N) is 1. The number of nitro groups is 1. The van der Waals surface area contributed by atoms with Crippen LogP contribution in [0.3, 0.4) is 0 Å². The lowest BCUT2D eigenvalue weighted by Gasteiger charge is -2.14. The summed E-state index contributed by atoms with van der Waals surface area (Å²) in [4.78, 5) is 42.2. The number of anilines is 1. The number of rotatable bonds is 6. The van der Waals surface area contributed by atoms with E-state index in [1.165, 1.54) is 41.3 Å². The zero-order valence-corrected chi connectivity index (χ0v) is 18.0. The van der Waals surface area contributed by atoms with E-state index in [9.17, 15) is 19.7 Å². The summed E-state index contributed by atoms with van der Waals surface area (Å²) in [6.07, 6.45) is 0. The fraction of sp³-hybridized carbons (Fsp3) is 0.316. The van der Waals surface area contributed by atoms with E-state index >= 15 is 0 Å². The van der Waals surface area contributed by atoms with Crippen molar-refractivity contribution in [1.82, 2.24) is 9.55 Å². The molecular weight excluding hydrogens is 412 g/mol. The standard InChI is InChI=1S/C19H20N4O4S2/c1-5-22-18(25)15-10(2)11(3)28-17(15)21-19(22)29-12(4)16(24)20-13-7-6-8-14(9-13)23(26)27/h6-9,12H,5H2,1-4H3,(H,20,24). The molecule has 0 fully saturated rings. The molecule has 2 aromatic heterocycles. The van der Waals surface area contributed by atoms with Crippen molar-refractivity contribution in [1.29, 1.82) is 0 Å². The van der Waals surface area contributed by atoms with Gasteiger partial charge in [0.05, 0.1) is 15.6 Å². The van der Waals surface area contributed by atoms with Crippen LogP contribution in [0.4, 0.5) is 11.4 Å². The van der Waals surface area contributed by atoms with E-state index in [0.717, 1.165) is 10.4 Å². The predicted molar refractivity (Wildman–Crippen MR) is 116 cm³/mol. The lowest BCUT2D eigenvalue weighted by molar-refractivity contribution is -0.384. The van der Waals surface area contributed by atoms with E-state index in [0.29, 0.717) is 27.6 Å². The van der Waals surface area contributed by atoms with E-state index in [2.05, 4.69) is 10.3 Å². The maximum absolute atomic E-state index is 12.9. The number of nitrogens with zero attached hydrogens (tertiary/aromatic N) is 3. The van der Waals surface area contributed by atoms with Crippen LogP contribution in [0.2, 0.25) is 0 Å². The van der Waals surface area contributed by atoms with E-state index in [1.807, 2.05) is 20.8 Å². The molecule has 3 rings (SSSR count). The van der Waals surface area contributed by atoms with Crippen LogP contribution in [0, 0.1) is 24.0 Å². The molecule has 0 saturated heterocycles. The first kappa shape index (κ1) is 21.0. The molecule has 1 amide bonds. The molecule has 10 heteroatoms. The van der Waals surface area contributed by atoms with Crippen molar-refractivity contribution in [2.75, 3.05) is 5.32 Å². The molecule has 0 saturated carbocycles. The fourth-order valence-corrected chi connectivity index (χ4v) is 4.87. The highest BCUT2D eigenvalue weighted by Gasteiger charge is 2.21. The number of hydrogen-bond acceptors (Lipinski definition) is 7. The summed E-state index contributed by atoms with van der Waals surface area (Å²) >= 11 is 2.66. The van der Waals surface area contributed by atoms with Crippen molar-refractivity contribution in [3.8, 4) is 0 Å². The highest BCUT2D eigenvalue weighted by atomic mass is 32.2. The fourth-order valence-electron chi connectivity index (χ4n) is 2.83. The van der Waals surface area contributed by atoms with Gasteiger partial charge in [-0.3, -0.25) is 24.3 Å². The molecule has 1 N–H and O–H groups in total. The molecule has 2 heterocycles. The van der Waals surface area contributed by atoms with Gasteiger partial charge < -0.3 is 5.32 Å². The van der Waals surface area contributed by atoms with Gasteiger partial charge in [-0.2, -0.15) is 0 Å². The molecule has 1 aromatic carbocycles. The second-order valence-electron chi connectivity index (χ2n) is 6.46. The Balaban J connectivity index is 1.86. The predicted octanol–water partition coefficient (Wildman–Crippen LogP) is 4.12. The quantitative estimate of drug-likeness (QED) is 0.272. The first-order valence-electron chi connectivity index (χ1n) is 8.95. The Labute approximate surface area is 175 Å². The van der Waals surface area contributed by atoms with Crippen LogP contribution in [0.25, 0.3) is 10.2 Å². The van der Waals surface area contributed by atoms with Gasteiger partial charge in [-0.1, -0.05) is 17.8 Å². The number of benzene rings is 1. The summed E-state index contributed by atoms with van der Waals surface area (Å²) in [6, 6.07) is 5.76. The number of thiophene rings is 1. The molecule has 152 valence electrons. The maximum Gasteiger partial charge on any atom is 0.271 e. The molecule has 8 nitrogen and oxygen atoms in total. The Morgan fingerprint density at radius 2 is 2.14 bits per heavy atom. The highest BCUT2D eigenvalue weighted by Crippen LogP contribution is 2.30. The van der Waals surface area contributed by atoms with Crippen LogP contribution in [0.15, 0.2) is 34.2 Å². The number of hydrogen-bond donors (Lipinski definition) is 1. The molecule has 0 aliphatic heterocycles. The molecule has 0 aliphatic carbocycles. The molecule has 0 aliphatic rings. The summed E-state index contributed by atoms with van der Waals surface area (Å²) in [5.41, 5.74) is 1.08. The Kier molecular flexibility index (Phi) is 6.04. The van der Waals surface area contributed by atoms with E-state index in [-0.39, 0.29) is 17.2 Å². The number of amides is 1. The normalized spacial score (nSPS) is 12.1. The lowest BCUT2D eigenvalue weighted by atomic mass is 10.2. The molecule has 1 atom stereocenters. The number of carbonyl (C=O) groups excluding carboxylic acids is 1. The summed E-state index contributed by atoms with van der Waals surface area (Å²) in [5, 5.41) is 14.1. The number of non-ortho nitro benzene ring substituents is 1. The summed E-state index contributed by atoms with van der Waals surface area (Å²) in [6.45, 7) is 7.89. The Bertz CT molecular complexity index is 1170. The lowest BCUT2D eigenvalue weighted by Crippen LogP contribution is -2.26.